The topological polar surface area (TPSA) is 66.5 Å². The minimum Gasteiger partial charge on any atom is -0.322 e. The first kappa shape index (κ1) is 20.2. The maximum Gasteiger partial charge on any atom is 0.264 e. The molecule has 1 heterocycles. The lowest BCUT2D eigenvalue weighted by atomic mass is 9.99. The van der Waals surface area contributed by atoms with Crippen LogP contribution in [0.3, 0.4) is 0 Å². The Morgan fingerprint density at radius 1 is 0.967 bits per heavy atom. The van der Waals surface area contributed by atoms with E-state index in [1.807, 2.05) is 30.3 Å². The lowest BCUT2D eigenvalue weighted by Crippen LogP contribution is -2.34. The van der Waals surface area contributed by atoms with Crippen LogP contribution in [0.1, 0.15) is 42.6 Å². The molecule has 154 valence electrons. The van der Waals surface area contributed by atoms with Crippen molar-refractivity contribution in [2.45, 2.75) is 31.6 Å². The van der Waals surface area contributed by atoms with Crippen LogP contribution in [0.15, 0.2) is 71.6 Å². The van der Waals surface area contributed by atoms with Crippen LogP contribution in [0.4, 0.5) is 11.4 Å². The summed E-state index contributed by atoms with van der Waals surface area (Å²) in [5.41, 5.74) is 4.29. The smallest absolute Gasteiger partial charge is 0.264 e. The van der Waals surface area contributed by atoms with Crippen molar-refractivity contribution in [3.05, 3.63) is 77.9 Å². The van der Waals surface area contributed by atoms with Gasteiger partial charge in [-0.05, 0) is 48.7 Å². The number of nitrogens with one attached hydrogen (secondary N) is 1. The lowest BCUT2D eigenvalue weighted by Gasteiger charge is -2.31. The zero-order valence-electron chi connectivity index (χ0n) is 17.2. The van der Waals surface area contributed by atoms with E-state index in [2.05, 4.69) is 19.2 Å². The Morgan fingerprint density at radius 3 is 2.40 bits per heavy atom. The number of carbonyl (C=O) groups excluding carboxylic acids is 1. The molecule has 0 saturated heterocycles. The molecule has 0 spiro atoms. The van der Waals surface area contributed by atoms with Crippen molar-refractivity contribution < 1.29 is 13.2 Å². The molecule has 0 unspecified atom stereocenters. The van der Waals surface area contributed by atoms with Gasteiger partial charge in [-0.2, -0.15) is 0 Å². The molecule has 1 N–H and O–H groups in total. The van der Waals surface area contributed by atoms with Gasteiger partial charge in [0.1, 0.15) is 0 Å². The molecule has 1 aliphatic heterocycles. The number of hydrogen-bond acceptors (Lipinski definition) is 3. The van der Waals surface area contributed by atoms with Gasteiger partial charge in [-0.3, -0.25) is 9.10 Å². The summed E-state index contributed by atoms with van der Waals surface area (Å²) in [6.45, 7) is 6.29. The monoisotopic (exact) mass is 420 g/mol. The molecule has 0 radical (unpaired) electrons. The third kappa shape index (κ3) is 3.27. The molecule has 1 amide bonds. The highest BCUT2D eigenvalue weighted by atomic mass is 32.2. The van der Waals surface area contributed by atoms with E-state index in [9.17, 15) is 13.2 Å². The van der Waals surface area contributed by atoms with E-state index in [4.69, 9.17) is 0 Å². The molecular weight excluding hydrogens is 396 g/mol. The summed E-state index contributed by atoms with van der Waals surface area (Å²) in [7, 11) is -3.61. The first-order valence-electron chi connectivity index (χ1n) is 10.0. The largest absolute Gasteiger partial charge is 0.322 e. The molecule has 0 saturated carbocycles. The maximum absolute atomic E-state index is 13.0. The Morgan fingerprint density at radius 2 is 1.67 bits per heavy atom. The normalized spacial score (nSPS) is 14.2. The van der Waals surface area contributed by atoms with Gasteiger partial charge in [0.15, 0.2) is 0 Å². The van der Waals surface area contributed by atoms with Gasteiger partial charge < -0.3 is 5.32 Å². The molecule has 0 aromatic heterocycles. The molecule has 1 aliphatic rings. The number of benzene rings is 3. The minimum atomic E-state index is -3.61. The average molecular weight is 421 g/mol. The zero-order valence-corrected chi connectivity index (χ0v) is 18.0. The fraction of sp³-hybridized carbons (Fsp3) is 0.208. The maximum atomic E-state index is 13.0. The van der Waals surface area contributed by atoms with Gasteiger partial charge >= 0.3 is 0 Å². The molecule has 0 atom stereocenters. The number of nitrogens with zero attached hydrogens (tertiary/aromatic N) is 1. The minimum absolute atomic E-state index is 0.222. The van der Waals surface area contributed by atoms with Crippen molar-refractivity contribution >= 4 is 27.3 Å². The van der Waals surface area contributed by atoms with Crippen LogP contribution in [-0.4, -0.2) is 20.9 Å². The standard InChI is InChI=1S/C24H24N2O3S/c1-4-26-22-14-13-17(24(27)25-21-11-7-5-9-18(21)16(2)3)15-20(22)19-10-6-8-12-23(19)30(26,28)29/h5-16H,4H2,1-3H3,(H,25,27). The molecule has 0 bridgehead atoms. The molecule has 3 aromatic carbocycles. The van der Waals surface area contributed by atoms with Crippen LogP contribution in [0.5, 0.6) is 0 Å². The highest BCUT2D eigenvalue weighted by Crippen LogP contribution is 2.43. The van der Waals surface area contributed by atoms with Crippen molar-refractivity contribution in [2.24, 2.45) is 0 Å². The molecular formula is C24H24N2O3S. The summed E-state index contributed by atoms with van der Waals surface area (Å²) >= 11 is 0. The highest BCUT2D eigenvalue weighted by molar-refractivity contribution is 7.93. The highest BCUT2D eigenvalue weighted by Gasteiger charge is 2.34. The van der Waals surface area contributed by atoms with E-state index in [1.165, 1.54) is 4.31 Å². The number of rotatable bonds is 4. The van der Waals surface area contributed by atoms with E-state index in [0.29, 0.717) is 23.4 Å². The van der Waals surface area contributed by atoms with Crippen molar-refractivity contribution in [1.29, 1.82) is 0 Å². The number of amides is 1. The number of para-hydroxylation sites is 1. The quantitative estimate of drug-likeness (QED) is 0.626. The number of sulfonamides is 1. The van der Waals surface area contributed by atoms with E-state index < -0.39 is 10.0 Å². The lowest BCUT2D eigenvalue weighted by molar-refractivity contribution is 0.102. The van der Waals surface area contributed by atoms with Crippen LogP contribution >= 0.6 is 0 Å². The van der Waals surface area contributed by atoms with Crippen LogP contribution < -0.4 is 9.62 Å². The first-order valence-corrected chi connectivity index (χ1v) is 11.4. The second kappa shape index (κ2) is 7.61. The Labute approximate surface area is 177 Å². The molecule has 4 rings (SSSR count). The second-order valence-corrected chi connectivity index (χ2v) is 9.42. The van der Waals surface area contributed by atoms with Gasteiger partial charge in [0.25, 0.3) is 15.9 Å². The summed E-state index contributed by atoms with van der Waals surface area (Å²) in [5, 5.41) is 3.01. The van der Waals surface area contributed by atoms with Crippen LogP contribution in [0.25, 0.3) is 11.1 Å². The van der Waals surface area contributed by atoms with Gasteiger partial charge in [-0.1, -0.05) is 50.2 Å². The van der Waals surface area contributed by atoms with Gasteiger partial charge in [0.05, 0.1) is 10.6 Å². The van der Waals surface area contributed by atoms with Crippen molar-refractivity contribution in [1.82, 2.24) is 0 Å². The molecule has 3 aromatic rings. The van der Waals surface area contributed by atoms with Gasteiger partial charge in [0, 0.05) is 28.9 Å². The summed E-state index contributed by atoms with van der Waals surface area (Å²) in [6.07, 6.45) is 0. The molecule has 30 heavy (non-hydrogen) atoms. The first-order chi connectivity index (χ1) is 14.3. The Balaban J connectivity index is 1.78. The number of hydrogen-bond donors (Lipinski definition) is 1. The van der Waals surface area contributed by atoms with Gasteiger partial charge in [0.2, 0.25) is 0 Å². The Kier molecular flexibility index (Phi) is 5.12. The third-order valence-electron chi connectivity index (χ3n) is 5.39. The third-order valence-corrected chi connectivity index (χ3v) is 7.34. The van der Waals surface area contributed by atoms with Crippen LogP contribution in [-0.2, 0) is 10.0 Å². The Bertz CT molecular complexity index is 1230. The fourth-order valence-electron chi connectivity index (χ4n) is 3.92. The predicted octanol–water partition coefficient (Wildman–Crippen LogP) is 5.26. The molecule has 0 aliphatic carbocycles. The van der Waals surface area contributed by atoms with E-state index >= 15 is 0 Å². The summed E-state index contributed by atoms with van der Waals surface area (Å²) in [5.74, 6) is 0.0556. The predicted molar refractivity (Wildman–Crippen MR) is 121 cm³/mol. The molecule has 0 fully saturated rings. The van der Waals surface area contributed by atoms with E-state index in [1.54, 1.807) is 43.3 Å². The molecule has 6 heteroatoms. The number of anilines is 2. The van der Waals surface area contributed by atoms with Crippen LogP contribution in [0.2, 0.25) is 0 Å². The zero-order chi connectivity index (χ0) is 21.5. The summed E-state index contributed by atoms with van der Waals surface area (Å²) < 4.78 is 27.4. The second-order valence-electron chi connectivity index (χ2n) is 7.59. The van der Waals surface area contributed by atoms with Gasteiger partial charge in [-0.25, -0.2) is 8.42 Å². The van der Waals surface area contributed by atoms with E-state index in [-0.39, 0.29) is 16.7 Å². The van der Waals surface area contributed by atoms with Gasteiger partial charge in [-0.15, -0.1) is 0 Å². The van der Waals surface area contributed by atoms with Crippen molar-refractivity contribution in [2.75, 3.05) is 16.2 Å². The molecule has 5 nitrogen and oxygen atoms in total. The van der Waals surface area contributed by atoms with Crippen LogP contribution in [0, 0.1) is 0 Å². The van der Waals surface area contributed by atoms with Crippen molar-refractivity contribution in [3.63, 3.8) is 0 Å². The van der Waals surface area contributed by atoms with Crippen molar-refractivity contribution in [3.8, 4) is 11.1 Å². The average Bonchev–Trinajstić information content (AvgIpc) is 2.74. The summed E-state index contributed by atoms with van der Waals surface area (Å²) in [6, 6.07) is 19.9. The number of fused-ring (bicyclic) bond motifs is 3. The number of carbonyl (C=O) groups is 1. The van der Waals surface area contributed by atoms with E-state index in [0.717, 1.165) is 16.8 Å². The summed E-state index contributed by atoms with van der Waals surface area (Å²) in [4.78, 5) is 13.3. The SMILES string of the molecule is CCN1c2ccc(C(=O)Nc3ccccc3C(C)C)cc2-c2ccccc2S1(=O)=O. The Hall–Kier alpha value is -3.12. The fourth-order valence-corrected chi connectivity index (χ4v) is 5.62.